The third-order valence-electron chi connectivity index (χ3n) is 4.29. The van der Waals surface area contributed by atoms with Gasteiger partial charge in [0.15, 0.2) is 5.82 Å². The summed E-state index contributed by atoms with van der Waals surface area (Å²) in [6.07, 6.45) is 7.54. The Hall–Kier alpha value is -2.43. The molecule has 112 valence electrons. The number of hydrogen-bond donors (Lipinski definition) is 0. The fourth-order valence-corrected chi connectivity index (χ4v) is 3.02. The zero-order valence-electron chi connectivity index (χ0n) is 12.4. The number of benzene rings is 1. The van der Waals surface area contributed by atoms with Crippen LogP contribution in [0.5, 0.6) is 0 Å². The largest absolute Gasteiger partial charge is 0.339 e. The van der Waals surface area contributed by atoms with Gasteiger partial charge >= 0.3 is 0 Å². The van der Waals surface area contributed by atoms with Gasteiger partial charge in [0.25, 0.3) is 0 Å². The average Bonchev–Trinajstić information content (AvgIpc) is 3.22. The minimum absolute atomic E-state index is 0.321. The molecule has 0 fully saturated rings. The number of aryl methyl sites for hydroxylation is 3. The molecule has 0 amide bonds. The van der Waals surface area contributed by atoms with Crippen molar-refractivity contribution >= 4 is 0 Å². The van der Waals surface area contributed by atoms with Crippen molar-refractivity contribution in [3.8, 4) is 0 Å². The van der Waals surface area contributed by atoms with Gasteiger partial charge in [0.1, 0.15) is 0 Å². The third kappa shape index (κ3) is 2.66. The Kier molecular flexibility index (Phi) is 3.46. The van der Waals surface area contributed by atoms with Crippen molar-refractivity contribution in [3.63, 3.8) is 0 Å². The van der Waals surface area contributed by atoms with Crippen LogP contribution in [0, 0.1) is 0 Å². The maximum Gasteiger partial charge on any atom is 0.230 e. The first-order chi connectivity index (χ1) is 10.9. The molecule has 1 aromatic carbocycles. The van der Waals surface area contributed by atoms with Crippen molar-refractivity contribution in [2.45, 2.75) is 38.1 Å². The molecule has 0 N–H and O–H groups in total. The minimum Gasteiger partial charge on any atom is -0.339 e. The van der Waals surface area contributed by atoms with Crippen LogP contribution in [0.4, 0.5) is 0 Å². The van der Waals surface area contributed by atoms with E-state index in [1.165, 1.54) is 11.3 Å². The highest BCUT2D eigenvalue weighted by Crippen LogP contribution is 2.28. The lowest BCUT2D eigenvalue weighted by atomic mass is 9.96. The quantitative estimate of drug-likeness (QED) is 0.742. The standard InChI is InChI=1S/C17H18N4O/c1-2-4-13(5-3-1)6-7-16-19-17(22-20-16)14-8-9-21-12-18-11-15(21)10-14/h1-5,11-12,14H,6-10H2/t14-/m0/s1. The van der Waals surface area contributed by atoms with E-state index in [0.29, 0.717) is 5.92 Å². The van der Waals surface area contributed by atoms with Crippen molar-refractivity contribution in [3.05, 3.63) is 65.8 Å². The number of hydrogen-bond acceptors (Lipinski definition) is 4. The van der Waals surface area contributed by atoms with E-state index in [1.807, 2.05) is 18.6 Å². The minimum atomic E-state index is 0.321. The zero-order valence-corrected chi connectivity index (χ0v) is 12.4. The van der Waals surface area contributed by atoms with Crippen LogP contribution in [0.2, 0.25) is 0 Å². The van der Waals surface area contributed by atoms with E-state index in [4.69, 9.17) is 4.52 Å². The molecule has 1 aliphatic rings. The molecule has 0 saturated heterocycles. The Labute approximate surface area is 129 Å². The molecule has 0 unspecified atom stereocenters. The lowest BCUT2D eigenvalue weighted by Crippen LogP contribution is -2.17. The summed E-state index contributed by atoms with van der Waals surface area (Å²) in [7, 11) is 0. The van der Waals surface area contributed by atoms with Gasteiger partial charge in [-0.3, -0.25) is 0 Å². The SMILES string of the molecule is c1ccc(CCc2noc([C@H]3CCn4cncc4C3)n2)cc1. The predicted octanol–water partition coefficient (Wildman–Crippen LogP) is 2.78. The normalized spacial score (nSPS) is 17.4. The summed E-state index contributed by atoms with van der Waals surface area (Å²) in [5.74, 6) is 1.90. The fourth-order valence-electron chi connectivity index (χ4n) is 3.02. The van der Waals surface area contributed by atoms with Crippen LogP contribution >= 0.6 is 0 Å². The van der Waals surface area contributed by atoms with Crippen molar-refractivity contribution < 1.29 is 4.52 Å². The highest BCUT2D eigenvalue weighted by Gasteiger charge is 2.24. The molecule has 3 heterocycles. The van der Waals surface area contributed by atoms with Crippen LogP contribution < -0.4 is 0 Å². The monoisotopic (exact) mass is 294 g/mol. The third-order valence-corrected chi connectivity index (χ3v) is 4.29. The number of aromatic nitrogens is 4. The van der Waals surface area contributed by atoms with E-state index in [0.717, 1.165) is 43.9 Å². The molecule has 0 saturated carbocycles. The summed E-state index contributed by atoms with van der Waals surface area (Å²) < 4.78 is 7.69. The Balaban J connectivity index is 1.42. The van der Waals surface area contributed by atoms with E-state index in [-0.39, 0.29) is 0 Å². The van der Waals surface area contributed by atoms with Crippen LogP contribution in [0.1, 0.15) is 35.3 Å². The van der Waals surface area contributed by atoms with Crippen LogP contribution in [-0.4, -0.2) is 19.7 Å². The first kappa shape index (κ1) is 13.2. The average molecular weight is 294 g/mol. The highest BCUT2D eigenvalue weighted by atomic mass is 16.5. The summed E-state index contributed by atoms with van der Waals surface area (Å²) in [5, 5.41) is 4.14. The van der Waals surface area contributed by atoms with Crippen LogP contribution in [0.15, 0.2) is 47.4 Å². The van der Waals surface area contributed by atoms with Gasteiger partial charge in [0, 0.05) is 37.2 Å². The molecular formula is C17H18N4O. The van der Waals surface area contributed by atoms with E-state index < -0.39 is 0 Å². The topological polar surface area (TPSA) is 56.7 Å². The summed E-state index contributed by atoms with van der Waals surface area (Å²) >= 11 is 0. The Bertz CT molecular complexity index is 747. The lowest BCUT2D eigenvalue weighted by Gasteiger charge is -2.20. The van der Waals surface area contributed by atoms with Gasteiger partial charge in [-0.05, 0) is 18.4 Å². The molecular weight excluding hydrogens is 276 g/mol. The zero-order chi connectivity index (χ0) is 14.8. The molecule has 5 heteroatoms. The molecule has 4 rings (SSSR count). The van der Waals surface area contributed by atoms with Crippen molar-refractivity contribution in [2.24, 2.45) is 0 Å². The van der Waals surface area contributed by atoms with Crippen molar-refractivity contribution in [1.82, 2.24) is 19.7 Å². The lowest BCUT2D eigenvalue weighted by molar-refractivity contribution is 0.323. The molecule has 2 aromatic heterocycles. The summed E-state index contributed by atoms with van der Waals surface area (Å²) in [6, 6.07) is 10.4. The fraction of sp³-hybridized carbons (Fsp3) is 0.353. The second-order valence-electron chi connectivity index (χ2n) is 5.80. The summed E-state index contributed by atoms with van der Waals surface area (Å²) in [6.45, 7) is 0.974. The number of rotatable bonds is 4. The van der Waals surface area contributed by atoms with Crippen molar-refractivity contribution in [1.29, 1.82) is 0 Å². The van der Waals surface area contributed by atoms with E-state index >= 15 is 0 Å². The van der Waals surface area contributed by atoms with Crippen LogP contribution in [0.25, 0.3) is 0 Å². The Morgan fingerprint density at radius 2 is 2.09 bits per heavy atom. The molecule has 1 atom stereocenters. The number of nitrogens with zero attached hydrogens (tertiary/aromatic N) is 4. The molecule has 3 aromatic rings. The molecule has 5 nitrogen and oxygen atoms in total. The van der Waals surface area contributed by atoms with E-state index in [2.05, 4.69) is 44.0 Å². The summed E-state index contributed by atoms with van der Waals surface area (Å²) in [4.78, 5) is 8.80. The van der Waals surface area contributed by atoms with Crippen LogP contribution in [-0.2, 0) is 25.8 Å². The smallest absolute Gasteiger partial charge is 0.230 e. The van der Waals surface area contributed by atoms with Gasteiger partial charge in [-0.2, -0.15) is 4.98 Å². The van der Waals surface area contributed by atoms with Crippen LogP contribution in [0.3, 0.4) is 0 Å². The molecule has 0 bridgehead atoms. The Morgan fingerprint density at radius 3 is 3.00 bits per heavy atom. The first-order valence-electron chi connectivity index (χ1n) is 7.74. The number of fused-ring (bicyclic) bond motifs is 1. The predicted molar refractivity (Wildman–Crippen MR) is 81.4 cm³/mol. The molecule has 0 spiro atoms. The van der Waals surface area contributed by atoms with Gasteiger partial charge in [-0.15, -0.1) is 0 Å². The van der Waals surface area contributed by atoms with Gasteiger partial charge in [-0.25, -0.2) is 4.98 Å². The van der Waals surface area contributed by atoms with E-state index in [1.54, 1.807) is 0 Å². The van der Waals surface area contributed by atoms with Gasteiger partial charge in [0.05, 0.1) is 6.33 Å². The number of imidazole rings is 1. The molecule has 0 radical (unpaired) electrons. The molecule has 22 heavy (non-hydrogen) atoms. The van der Waals surface area contributed by atoms with Gasteiger partial charge < -0.3 is 9.09 Å². The summed E-state index contributed by atoms with van der Waals surface area (Å²) in [5.41, 5.74) is 2.55. The van der Waals surface area contributed by atoms with Gasteiger partial charge in [-0.1, -0.05) is 35.5 Å². The van der Waals surface area contributed by atoms with Gasteiger partial charge in [0.2, 0.25) is 5.89 Å². The second-order valence-corrected chi connectivity index (χ2v) is 5.80. The molecule has 0 aliphatic carbocycles. The first-order valence-corrected chi connectivity index (χ1v) is 7.74. The highest BCUT2D eigenvalue weighted by molar-refractivity contribution is 5.15. The van der Waals surface area contributed by atoms with Crippen molar-refractivity contribution in [2.75, 3.05) is 0 Å². The maximum absolute atomic E-state index is 5.49. The Morgan fingerprint density at radius 1 is 1.18 bits per heavy atom. The maximum atomic E-state index is 5.49. The second kappa shape index (κ2) is 5.75. The van der Waals surface area contributed by atoms with E-state index in [9.17, 15) is 0 Å². The molecule has 1 aliphatic heterocycles.